The number of carbonyl (C=O) groups excluding carboxylic acids is 1. The van der Waals surface area contributed by atoms with E-state index < -0.39 is 20.1 Å². The molecule has 0 fully saturated rings. The van der Waals surface area contributed by atoms with Crippen LogP contribution in [0.1, 0.15) is 6.92 Å². The molecular weight excluding hydrogens is 311 g/mol. The molecule has 0 aromatic heterocycles. The van der Waals surface area contributed by atoms with Crippen LogP contribution in [0.2, 0.25) is 0 Å². The Balaban J connectivity index is 0. The molecule has 6 nitrogen and oxygen atoms in total. The van der Waals surface area contributed by atoms with Crippen molar-refractivity contribution in [3.05, 3.63) is 18.2 Å². The molecule has 17 heavy (non-hydrogen) atoms. The Labute approximate surface area is 145 Å². The molecule has 0 saturated carbocycles. The number of rotatable bonds is 2. The fourth-order valence-corrected chi connectivity index (χ4v) is 2.43. The number of hydrogen-bond acceptors (Lipinski definition) is 4. The van der Waals surface area contributed by atoms with Crippen LogP contribution in [0.25, 0.3) is 0 Å². The number of ether oxygens (including phenoxy) is 1. The van der Waals surface area contributed by atoms with Crippen LogP contribution in [0, 0.1) is 0 Å². The SMILES string of the molecule is CC(=O)Oc1ccc([As](=O)(O)O)c(N)c1.[Na+].[Na+]. The van der Waals surface area contributed by atoms with Crippen molar-refractivity contribution in [2.24, 2.45) is 0 Å². The fourth-order valence-electron chi connectivity index (χ4n) is 1.03. The van der Waals surface area contributed by atoms with Gasteiger partial charge in [0.25, 0.3) is 0 Å². The average Bonchev–Trinajstić information content (AvgIpc) is 1.99. The maximum Gasteiger partial charge on any atom is 1.00 e. The van der Waals surface area contributed by atoms with Crippen LogP contribution in [0.3, 0.4) is 0 Å². The third-order valence-electron chi connectivity index (χ3n) is 1.57. The second-order valence-corrected chi connectivity index (χ2v) is 6.15. The average molecular weight is 321 g/mol. The molecule has 1 aromatic rings. The zero-order valence-corrected chi connectivity index (χ0v) is 15.8. The minimum atomic E-state index is -4.99. The summed E-state index contributed by atoms with van der Waals surface area (Å²) in [6.45, 7) is 1.22. The number of nitrogens with two attached hydrogens (primary N) is 1. The van der Waals surface area contributed by atoms with Crippen molar-refractivity contribution in [3.63, 3.8) is 0 Å². The van der Waals surface area contributed by atoms with Crippen molar-refractivity contribution < 1.29 is 80.6 Å². The molecule has 0 saturated heterocycles. The van der Waals surface area contributed by atoms with Gasteiger partial charge < -0.3 is 0 Å². The smallest absolute Gasteiger partial charge is 1.00 e. The number of esters is 1. The number of carbonyl (C=O) groups is 1. The van der Waals surface area contributed by atoms with Gasteiger partial charge in [-0.05, 0) is 0 Å². The normalized spacial score (nSPS) is 9.82. The Morgan fingerprint density at radius 2 is 1.88 bits per heavy atom. The van der Waals surface area contributed by atoms with Crippen LogP contribution < -0.4 is 73.9 Å². The van der Waals surface area contributed by atoms with E-state index in [1.807, 2.05) is 0 Å². The second-order valence-electron chi connectivity index (χ2n) is 2.86. The summed E-state index contributed by atoms with van der Waals surface area (Å²) < 4.78 is 33.3. The first kappa shape index (κ1) is 20.1. The maximum atomic E-state index is 11.0. The van der Waals surface area contributed by atoms with Crippen molar-refractivity contribution in [2.75, 3.05) is 5.73 Å². The Morgan fingerprint density at radius 3 is 2.24 bits per heavy atom. The van der Waals surface area contributed by atoms with E-state index >= 15 is 0 Å². The molecule has 0 aliphatic rings. The van der Waals surface area contributed by atoms with Crippen LogP contribution in [-0.4, -0.2) is 28.3 Å². The van der Waals surface area contributed by atoms with E-state index in [2.05, 4.69) is 0 Å². The van der Waals surface area contributed by atoms with E-state index in [1.54, 1.807) is 0 Å². The molecule has 0 unspecified atom stereocenters. The van der Waals surface area contributed by atoms with E-state index in [1.165, 1.54) is 19.1 Å². The first-order valence-corrected chi connectivity index (χ1v) is 7.33. The topological polar surface area (TPSA) is 110 Å². The van der Waals surface area contributed by atoms with E-state index in [0.29, 0.717) is 0 Å². The Bertz CT molecular complexity index is 448. The standard InChI is InChI=1S/C8H10AsNO5.2Na/c1-5(11)15-6-2-3-7(8(10)4-6)9(12,13)14;;/h2-4H,10H2,1H3,(H2,12,13,14);;/q;2*+1. The van der Waals surface area contributed by atoms with Gasteiger partial charge in [0.2, 0.25) is 0 Å². The Morgan fingerprint density at radius 1 is 1.35 bits per heavy atom. The largest absolute Gasteiger partial charge is 1.00 e. The molecule has 0 aliphatic heterocycles. The quantitative estimate of drug-likeness (QED) is 0.216. The molecule has 0 atom stereocenters. The molecular formula is C8H10AsNNa2O5+2. The summed E-state index contributed by atoms with van der Waals surface area (Å²) in [6.07, 6.45) is 0. The van der Waals surface area contributed by atoms with Gasteiger partial charge in [-0.25, -0.2) is 0 Å². The number of nitrogen functional groups attached to an aromatic ring is 1. The van der Waals surface area contributed by atoms with Gasteiger partial charge in [0.15, 0.2) is 0 Å². The molecule has 82 valence electrons. The number of hydrogen-bond donors (Lipinski definition) is 3. The Hall–Kier alpha value is 0.768. The second kappa shape index (κ2) is 8.04. The van der Waals surface area contributed by atoms with Crippen molar-refractivity contribution in [2.45, 2.75) is 6.92 Å². The molecule has 0 aliphatic carbocycles. The monoisotopic (exact) mass is 321 g/mol. The Kier molecular flexibility index (Phi) is 9.51. The molecule has 9 heteroatoms. The van der Waals surface area contributed by atoms with Gasteiger partial charge >= 0.3 is 147 Å². The van der Waals surface area contributed by atoms with Crippen molar-refractivity contribution in [1.29, 1.82) is 0 Å². The summed E-state index contributed by atoms with van der Waals surface area (Å²) in [7, 11) is 0. The molecule has 0 radical (unpaired) electrons. The molecule has 0 bridgehead atoms. The van der Waals surface area contributed by atoms with Crippen molar-refractivity contribution in [3.8, 4) is 5.75 Å². The van der Waals surface area contributed by atoms with Crippen LogP contribution in [0.5, 0.6) is 5.75 Å². The first-order valence-electron chi connectivity index (χ1n) is 3.95. The summed E-state index contributed by atoms with van der Waals surface area (Å²) >= 11 is -4.99. The van der Waals surface area contributed by atoms with Gasteiger partial charge in [-0.2, -0.15) is 0 Å². The minimum Gasteiger partial charge on any atom is 1.00 e. The number of benzene rings is 1. The van der Waals surface area contributed by atoms with Gasteiger partial charge in [0, 0.05) is 0 Å². The van der Waals surface area contributed by atoms with E-state index in [4.69, 9.17) is 18.7 Å². The van der Waals surface area contributed by atoms with Crippen molar-refractivity contribution >= 4 is 30.2 Å². The number of anilines is 1. The molecule has 0 spiro atoms. The maximum absolute atomic E-state index is 11.0. The summed E-state index contributed by atoms with van der Waals surface area (Å²) in [5, 5.41) is 0. The van der Waals surface area contributed by atoms with Crippen LogP contribution in [0.15, 0.2) is 18.2 Å². The minimum absolute atomic E-state index is 0. The first-order chi connectivity index (χ1) is 6.80. The third kappa shape index (κ3) is 6.47. The van der Waals surface area contributed by atoms with Crippen LogP contribution in [0.4, 0.5) is 5.69 Å². The fraction of sp³-hybridized carbons (Fsp3) is 0.125. The van der Waals surface area contributed by atoms with Gasteiger partial charge in [-0.3, -0.25) is 0 Å². The summed E-state index contributed by atoms with van der Waals surface area (Å²) in [5.74, 6) is -0.364. The van der Waals surface area contributed by atoms with E-state index in [0.717, 1.165) is 6.07 Å². The summed E-state index contributed by atoms with van der Waals surface area (Å²) in [5.41, 5.74) is 5.33. The van der Waals surface area contributed by atoms with E-state index in [9.17, 15) is 8.53 Å². The van der Waals surface area contributed by atoms with Crippen LogP contribution in [-0.2, 0) is 8.53 Å². The van der Waals surface area contributed by atoms with Crippen molar-refractivity contribution in [1.82, 2.24) is 0 Å². The van der Waals surface area contributed by atoms with Gasteiger partial charge in [0.1, 0.15) is 0 Å². The van der Waals surface area contributed by atoms with Gasteiger partial charge in [0.05, 0.1) is 0 Å². The zero-order chi connectivity index (χ0) is 11.6. The zero-order valence-electron chi connectivity index (χ0n) is 9.88. The van der Waals surface area contributed by atoms with Crippen LogP contribution >= 0.6 is 0 Å². The predicted octanol–water partition coefficient (Wildman–Crippen LogP) is -7.24. The van der Waals surface area contributed by atoms with Gasteiger partial charge in [-0.15, -0.1) is 0 Å². The molecule has 4 N–H and O–H groups in total. The predicted molar refractivity (Wildman–Crippen MR) is 52.7 cm³/mol. The summed E-state index contributed by atoms with van der Waals surface area (Å²) in [6, 6.07) is 3.65. The van der Waals surface area contributed by atoms with Gasteiger partial charge in [-0.1, -0.05) is 0 Å². The molecule has 1 aromatic carbocycles. The molecule has 1 rings (SSSR count). The summed E-state index contributed by atoms with van der Waals surface area (Å²) in [4.78, 5) is 10.6. The molecule has 0 amide bonds. The molecule has 0 heterocycles. The van der Waals surface area contributed by atoms with E-state index in [-0.39, 0.29) is 74.9 Å². The third-order valence-corrected chi connectivity index (χ3v) is 3.75.